The number of piperidine rings is 1. The molecule has 1 rings (SSSR count). The monoisotopic (exact) mass is 293 g/mol. The lowest BCUT2D eigenvalue weighted by Crippen LogP contribution is -2.47. The molecule has 0 unspecified atom stereocenters. The Kier molecular flexibility index (Phi) is 5.76. The fourth-order valence-corrected chi connectivity index (χ4v) is 3.93. The summed E-state index contributed by atoms with van der Waals surface area (Å²) < 4.78 is 30.1. The predicted molar refractivity (Wildman–Crippen MR) is 71.4 cm³/mol. The highest BCUT2D eigenvalue weighted by Gasteiger charge is 2.42. The first kappa shape index (κ1) is 16.4. The van der Waals surface area contributed by atoms with Crippen molar-refractivity contribution in [3.05, 3.63) is 0 Å². The number of carbonyl (C=O) groups is 1. The van der Waals surface area contributed by atoms with Crippen molar-refractivity contribution in [2.24, 2.45) is 5.41 Å². The van der Waals surface area contributed by atoms with Gasteiger partial charge in [-0.2, -0.15) is 0 Å². The van der Waals surface area contributed by atoms with Crippen molar-refractivity contribution in [1.29, 1.82) is 0 Å². The maximum absolute atomic E-state index is 12.0. The summed E-state index contributed by atoms with van der Waals surface area (Å²) in [6.45, 7) is 2.70. The number of carboxylic acid groups (broad SMARTS) is 1. The Bertz CT molecular complexity index is 398. The van der Waals surface area contributed by atoms with Gasteiger partial charge >= 0.3 is 5.97 Å². The molecule has 0 saturated carbocycles. The van der Waals surface area contributed by atoms with E-state index in [0.29, 0.717) is 32.4 Å². The molecule has 0 aromatic carbocycles. The molecular weight excluding hydrogens is 270 g/mol. The van der Waals surface area contributed by atoms with E-state index in [1.165, 1.54) is 11.4 Å². The minimum Gasteiger partial charge on any atom is -0.481 e. The van der Waals surface area contributed by atoms with E-state index >= 15 is 0 Å². The van der Waals surface area contributed by atoms with Gasteiger partial charge in [-0.1, -0.05) is 13.3 Å². The minimum atomic E-state index is -3.32. The summed E-state index contributed by atoms with van der Waals surface area (Å²) in [5.74, 6) is -0.847. The molecule has 19 heavy (non-hydrogen) atoms. The maximum Gasteiger partial charge on any atom is 0.309 e. The van der Waals surface area contributed by atoms with Crippen molar-refractivity contribution in [3.8, 4) is 0 Å². The van der Waals surface area contributed by atoms with Crippen molar-refractivity contribution < 1.29 is 23.1 Å². The second-order valence-electron chi connectivity index (χ2n) is 5.04. The van der Waals surface area contributed by atoms with Crippen molar-refractivity contribution in [2.45, 2.75) is 32.6 Å². The standard InChI is InChI=1S/C12H23NO5S/c1-3-4-12(11(14)15)5-7-13(8-6-12)19(16,17)10-9-18-2/h3-10H2,1-2H3,(H,14,15). The van der Waals surface area contributed by atoms with Gasteiger partial charge in [-0.05, 0) is 19.3 Å². The fourth-order valence-electron chi connectivity index (χ4n) is 2.56. The number of carboxylic acids is 1. The van der Waals surface area contributed by atoms with Crippen LogP contribution in [0.2, 0.25) is 0 Å². The molecule has 0 bridgehead atoms. The minimum absolute atomic E-state index is 0.0443. The Hall–Kier alpha value is -0.660. The van der Waals surface area contributed by atoms with Gasteiger partial charge in [0.15, 0.2) is 0 Å². The van der Waals surface area contributed by atoms with Gasteiger partial charge in [-0.25, -0.2) is 12.7 Å². The summed E-state index contributed by atoms with van der Waals surface area (Å²) in [6.07, 6.45) is 2.18. The van der Waals surface area contributed by atoms with E-state index in [0.717, 1.165) is 6.42 Å². The van der Waals surface area contributed by atoms with Crippen LogP contribution in [0.25, 0.3) is 0 Å². The van der Waals surface area contributed by atoms with Crippen LogP contribution in [0.5, 0.6) is 0 Å². The zero-order valence-electron chi connectivity index (χ0n) is 11.6. The highest BCUT2D eigenvalue weighted by Crippen LogP contribution is 2.37. The van der Waals surface area contributed by atoms with Gasteiger partial charge in [0.05, 0.1) is 17.8 Å². The molecule has 6 nitrogen and oxygen atoms in total. The van der Waals surface area contributed by atoms with Gasteiger partial charge in [0, 0.05) is 20.2 Å². The van der Waals surface area contributed by atoms with Gasteiger partial charge < -0.3 is 9.84 Å². The molecule has 0 amide bonds. The Labute approximate surface area is 114 Å². The normalized spacial score (nSPS) is 20.3. The van der Waals surface area contributed by atoms with Crippen molar-refractivity contribution in [1.82, 2.24) is 4.31 Å². The number of rotatable bonds is 7. The molecule has 0 aliphatic carbocycles. The third kappa shape index (κ3) is 3.90. The van der Waals surface area contributed by atoms with E-state index in [-0.39, 0.29) is 12.4 Å². The molecule has 1 aliphatic heterocycles. The average Bonchev–Trinajstić information content (AvgIpc) is 2.37. The zero-order valence-corrected chi connectivity index (χ0v) is 12.4. The Morgan fingerprint density at radius 3 is 2.37 bits per heavy atom. The molecule has 1 heterocycles. The van der Waals surface area contributed by atoms with Gasteiger partial charge in [0.25, 0.3) is 0 Å². The van der Waals surface area contributed by atoms with Gasteiger partial charge in [0.1, 0.15) is 0 Å². The molecule has 1 N–H and O–H groups in total. The van der Waals surface area contributed by atoms with Crippen LogP contribution in [0.3, 0.4) is 0 Å². The quantitative estimate of drug-likeness (QED) is 0.755. The lowest BCUT2D eigenvalue weighted by Gasteiger charge is -2.38. The molecule has 1 aliphatic rings. The highest BCUT2D eigenvalue weighted by atomic mass is 32.2. The summed E-state index contributed by atoms with van der Waals surface area (Å²) in [4.78, 5) is 11.4. The van der Waals surface area contributed by atoms with Crippen molar-refractivity contribution in [2.75, 3.05) is 32.6 Å². The predicted octanol–water partition coefficient (Wildman–Crippen LogP) is 0.929. The average molecular weight is 293 g/mol. The van der Waals surface area contributed by atoms with Crippen LogP contribution >= 0.6 is 0 Å². The number of hydrogen-bond donors (Lipinski definition) is 1. The molecule has 0 atom stereocenters. The lowest BCUT2D eigenvalue weighted by molar-refractivity contribution is -0.152. The molecule has 112 valence electrons. The van der Waals surface area contributed by atoms with Crippen molar-refractivity contribution >= 4 is 16.0 Å². The van der Waals surface area contributed by atoms with E-state index in [2.05, 4.69) is 0 Å². The Balaban J connectivity index is 2.68. The van der Waals surface area contributed by atoms with Crippen LogP contribution in [-0.4, -0.2) is 56.4 Å². The molecule has 0 aromatic rings. The Morgan fingerprint density at radius 2 is 1.95 bits per heavy atom. The smallest absolute Gasteiger partial charge is 0.309 e. The first-order chi connectivity index (χ1) is 8.88. The third-order valence-electron chi connectivity index (χ3n) is 3.80. The summed E-state index contributed by atoms with van der Waals surface area (Å²) in [7, 11) is -1.86. The number of ether oxygens (including phenoxy) is 1. The summed E-state index contributed by atoms with van der Waals surface area (Å²) in [6, 6.07) is 0. The van der Waals surface area contributed by atoms with Crippen LogP contribution in [-0.2, 0) is 19.6 Å². The highest BCUT2D eigenvalue weighted by molar-refractivity contribution is 7.89. The number of aliphatic carboxylic acids is 1. The van der Waals surface area contributed by atoms with E-state index in [1.54, 1.807) is 0 Å². The number of hydrogen-bond acceptors (Lipinski definition) is 4. The van der Waals surface area contributed by atoms with E-state index in [1.807, 2.05) is 6.92 Å². The van der Waals surface area contributed by atoms with Crippen LogP contribution in [0.4, 0.5) is 0 Å². The summed E-state index contributed by atoms with van der Waals surface area (Å²) in [5.41, 5.74) is -0.748. The number of sulfonamides is 1. The van der Waals surface area contributed by atoms with E-state index in [9.17, 15) is 18.3 Å². The maximum atomic E-state index is 12.0. The molecule has 0 aromatic heterocycles. The lowest BCUT2D eigenvalue weighted by atomic mass is 9.75. The van der Waals surface area contributed by atoms with E-state index < -0.39 is 21.4 Å². The SMILES string of the molecule is CCCC1(C(=O)O)CCN(S(=O)(=O)CCOC)CC1. The van der Waals surface area contributed by atoms with Crippen molar-refractivity contribution in [3.63, 3.8) is 0 Å². The molecule has 7 heteroatoms. The largest absolute Gasteiger partial charge is 0.481 e. The molecular formula is C12H23NO5S. The number of methoxy groups -OCH3 is 1. The van der Waals surface area contributed by atoms with Crippen LogP contribution < -0.4 is 0 Å². The molecule has 0 spiro atoms. The second kappa shape index (κ2) is 6.67. The zero-order chi connectivity index (χ0) is 14.5. The molecule has 1 fully saturated rings. The van der Waals surface area contributed by atoms with Gasteiger partial charge in [0.2, 0.25) is 10.0 Å². The fraction of sp³-hybridized carbons (Fsp3) is 0.917. The summed E-state index contributed by atoms with van der Waals surface area (Å²) in [5, 5.41) is 9.36. The van der Waals surface area contributed by atoms with Gasteiger partial charge in [-0.15, -0.1) is 0 Å². The van der Waals surface area contributed by atoms with Gasteiger partial charge in [-0.3, -0.25) is 4.79 Å². The van der Waals surface area contributed by atoms with E-state index in [4.69, 9.17) is 4.74 Å². The summed E-state index contributed by atoms with van der Waals surface area (Å²) >= 11 is 0. The molecule has 1 saturated heterocycles. The second-order valence-corrected chi connectivity index (χ2v) is 7.13. The van der Waals surface area contributed by atoms with Crippen LogP contribution in [0.15, 0.2) is 0 Å². The third-order valence-corrected chi connectivity index (χ3v) is 5.64. The topological polar surface area (TPSA) is 83.9 Å². The first-order valence-electron chi connectivity index (χ1n) is 6.58. The molecule has 0 radical (unpaired) electrons. The Morgan fingerprint density at radius 1 is 1.37 bits per heavy atom. The van der Waals surface area contributed by atoms with Crippen LogP contribution in [0, 0.1) is 5.41 Å². The van der Waals surface area contributed by atoms with Crippen LogP contribution in [0.1, 0.15) is 32.6 Å². The number of nitrogens with zero attached hydrogens (tertiary/aromatic N) is 1. The first-order valence-corrected chi connectivity index (χ1v) is 8.19.